The number of piperidine rings is 1. The molecule has 1 atom stereocenters. The summed E-state index contributed by atoms with van der Waals surface area (Å²) in [7, 11) is 1.50. The highest BCUT2D eigenvalue weighted by Gasteiger charge is 2.29. The van der Waals surface area contributed by atoms with Gasteiger partial charge >= 0.3 is 5.97 Å². The summed E-state index contributed by atoms with van der Waals surface area (Å²) in [6.45, 7) is 12.3. The number of carbonyl (C=O) groups excluding carboxylic acids is 1. The Kier molecular flexibility index (Phi) is 11.9. The Hall–Kier alpha value is -1.62. The summed E-state index contributed by atoms with van der Waals surface area (Å²) in [5.74, 6) is 1.36. The maximum atomic E-state index is 11.8. The largest absolute Gasteiger partial charge is 0.466 e. The number of ether oxygens (including phenoxy) is 1. The first kappa shape index (κ1) is 22.4. The fraction of sp³-hybridized carbons (Fsp3) is 0.684. The van der Waals surface area contributed by atoms with Gasteiger partial charge in [-0.25, -0.2) is 4.99 Å². The van der Waals surface area contributed by atoms with Crippen LogP contribution in [-0.4, -0.2) is 43.8 Å². The first-order chi connectivity index (χ1) is 11.5. The zero-order valence-corrected chi connectivity index (χ0v) is 16.2. The number of aliphatic imine (C=N–C) groups is 1. The van der Waals surface area contributed by atoms with Crippen molar-refractivity contribution < 1.29 is 9.53 Å². The summed E-state index contributed by atoms with van der Waals surface area (Å²) in [6.07, 6.45) is 8.02. The molecule has 0 aliphatic carbocycles. The highest BCUT2D eigenvalue weighted by molar-refractivity contribution is 5.78. The predicted molar refractivity (Wildman–Crippen MR) is 102 cm³/mol. The van der Waals surface area contributed by atoms with Crippen LogP contribution in [0.4, 0.5) is 0 Å². The molecule has 5 heteroatoms. The Bertz CT molecular complexity index is 448. The number of nitrogens with two attached hydrogens (primary N) is 1. The van der Waals surface area contributed by atoms with Gasteiger partial charge < -0.3 is 15.4 Å². The Morgan fingerprint density at radius 3 is 2.33 bits per heavy atom. The lowest BCUT2D eigenvalue weighted by Crippen LogP contribution is -2.37. The van der Waals surface area contributed by atoms with Gasteiger partial charge in [-0.2, -0.15) is 0 Å². The van der Waals surface area contributed by atoms with Gasteiger partial charge in [0, 0.05) is 19.3 Å². The molecule has 5 nitrogen and oxygen atoms in total. The molecule has 1 heterocycles. The summed E-state index contributed by atoms with van der Waals surface area (Å²) < 4.78 is 5.14. The zero-order valence-electron chi connectivity index (χ0n) is 16.2. The summed E-state index contributed by atoms with van der Waals surface area (Å²) >= 11 is 0. The van der Waals surface area contributed by atoms with Crippen molar-refractivity contribution >= 4 is 12.2 Å². The number of hydrogen-bond acceptors (Lipinski definition) is 5. The van der Waals surface area contributed by atoms with Gasteiger partial charge in [0.05, 0.1) is 12.5 Å². The minimum absolute atomic E-state index is 0.00933. The normalized spacial score (nSPS) is 18.2. The van der Waals surface area contributed by atoms with Crippen LogP contribution >= 0.6 is 0 Å². The number of carbonyl (C=O) groups is 1. The Morgan fingerprint density at radius 1 is 1.29 bits per heavy atom. The molecule has 138 valence electrons. The third-order valence-electron chi connectivity index (χ3n) is 4.34. The van der Waals surface area contributed by atoms with Crippen molar-refractivity contribution in [2.45, 2.75) is 47.5 Å². The fourth-order valence-electron chi connectivity index (χ4n) is 2.68. The minimum atomic E-state index is -0.0612. The van der Waals surface area contributed by atoms with Gasteiger partial charge in [-0.15, -0.1) is 0 Å². The summed E-state index contributed by atoms with van der Waals surface area (Å²) in [6, 6.07) is 0. The molecular formula is C19H35N3O2. The van der Waals surface area contributed by atoms with Gasteiger partial charge in [0.1, 0.15) is 5.82 Å². The van der Waals surface area contributed by atoms with Crippen molar-refractivity contribution in [3.63, 3.8) is 0 Å². The predicted octanol–water partition coefficient (Wildman–Crippen LogP) is 3.37. The van der Waals surface area contributed by atoms with E-state index in [0.29, 0.717) is 12.5 Å². The molecule has 0 aromatic carbocycles. The molecule has 2 N–H and O–H groups in total. The summed E-state index contributed by atoms with van der Waals surface area (Å²) in [4.78, 5) is 18.7. The quantitative estimate of drug-likeness (QED) is 0.596. The van der Waals surface area contributed by atoms with E-state index >= 15 is 0 Å². The van der Waals surface area contributed by atoms with Crippen molar-refractivity contribution in [2.24, 2.45) is 22.6 Å². The lowest BCUT2D eigenvalue weighted by atomic mass is 9.85. The van der Waals surface area contributed by atoms with E-state index in [1.54, 1.807) is 0 Å². The van der Waals surface area contributed by atoms with Crippen LogP contribution in [0.3, 0.4) is 0 Å². The smallest absolute Gasteiger partial charge is 0.308 e. The van der Waals surface area contributed by atoms with Crippen LogP contribution in [0.5, 0.6) is 0 Å². The molecule has 0 radical (unpaired) electrons. The van der Waals surface area contributed by atoms with E-state index in [1.807, 2.05) is 46.9 Å². The van der Waals surface area contributed by atoms with Gasteiger partial charge in [0.25, 0.3) is 0 Å². The molecule has 0 amide bonds. The Balaban J connectivity index is 0.00000254. The molecular weight excluding hydrogens is 302 g/mol. The van der Waals surface area contributed by atoms with Crippen LogP contribution in [0.15, 0.2) is 28.5 Å². The highest BCUT2D eigenvalue weighted by atomic mass is 16.5. The van der Waals surface area contributed by atoms with Gasteiger partial charge in [0.15, 0.2) is 0 Å². The molecule has 0 spiro atoms. The van der Waals surface area contributed by atoms with E-state index in [-0.39, 0.29) is 11.9 Å². The van der Waals surface area contributed by atoms with E-state index < -0.39 is 0 Å². The highest BCUT2D eigenvalue weighted by Crippen LogP contribution is 2.27. The minimum Gasteiger partial charge on any atom is -0.466 e. The average Bonchev–Trinajstić information content (AvgIpc) is 2.63. The molecule has 1 aliphatic rings. The fourth-order valence-corrected chi connectivity index (χ4v) is 2.68. The van der Waals surface area contributed by atoms with Crippen LogP contribution in [0.25, 0.3) is 0 Å². The van der Waals surface area contributed by atoms with E-state index in [9.17, 15) is 4.79 Å². The van der Waals surface area contributed by atoms with Gasteiger partial charge in [-0.05, 0) is 65.2 Å². The molecule has 0 aromatic heterocycles. The third-order valence-corrected chi connectivity index (χ3v) is 4.34. The van der Waals surface area contributed by atoms with Crippen LogP contribution in [-0.2, 0) is 9.53 Å². The Labute approximate surface area is 147 Å². The molecule has 1 unspecified atom stereocenters. The number of likely N-dealkylation sites (tertiary alicyclic amines) is 1. The SMILES string of the molecule is CN.C\C=C(C)/C=N\C(=C\C)N1CCC(C(C)C(=O)OCC)CC1. The molecule has 0 saturated carbocycles. The lowest BCUT2D eigenvalue weighted by molar-refractivity contribution is -0.149. The number of esters is 1. The standard InChI is InChI=1S/C18H30N2O2.CH5N/c1-6-14(4)13-19-17(7-2)20-11-9-16(10-12-20)15(5)18(21)22-8-3;1-2/h6-7,13,15-16H,8-12H2,1-5H3;2H2,1H3/b14-6-,17-7-,19-13-;. The number of rotatable bonds is 6. The maximum absolute atomic E-state index is 11.8. The second-order valence-corrected chi connectivity index (χ2v) is 5.80. The molecule has 1 fully saturated rings. The molecule has 1 rings (SSSR count). The molecule has 24 heavy (non-hydrogen) atoms. The third kappa shape index (κ3) is 7.30. The summed E-state index contributed by atoms with van der Waals surface area (Å²) in [5, 5.41) is 0. The second-order valence-electron chi connectivity index (χ2n) is 5.80. The van der Waals surface area contributed by atoms with Crippen molar-refractivity contribution in [1.29, 1.82) is 0 Å². The van der Waals surface area contributed by atoms with Crippen molar-refractivity contribution in [2.75, 3.05) is 26.7 Å². The molecule has 0 bridgehead atoms. The van der Waals surface area contributed by atoms with E-state index in [4.69, 9.17) is 4.74 Å². The number of hydrogen-bond donors (Lipinski definition) is 1. The van der Waals surface area contributed by atoms with Crippen LogP contribution in [0.2, 0.25) is 0 Å². The van der Waals surface area contributed by atoms with Gasteiger partial charge in [-0.3, -0.25) is 4.79 Å². The van der Waals surface area contributed by atoms with Crippen LogP contribution in [0, 0.1) is 11.8 Å². The van der Waals surface area contributed by atoms with Gasteiger partial charge in [-0.1, -0.05) is 13.0 Å². The molecule has 1 aliphatic heterocycles. The van der Waals surface area contributed by atoms with Crippen molar-refractivity contribution in [3.05, 3.63) is 23.5 Å². The van der Waals surface area contributed by atoms with Crippen molar-refractivity contribution in [3.8, 4) is 0 Å². The summed E-state index contributed by atoms with van der Waals surface area (Å²) in [5.41, 5.74) is 5.66. The average molecular weight is 338 g/mol. The van der Waals surface area contributed by atoms with E-state index in [1.165, 1.54) is 7.05 Å². The topological polar surface area (TPSA) is 67.9 Å². The lowest BCUT2D eigenvalue weighted by Gasteiger charge is -2.35. The zero-order chi connectivity index (χ0) is 18.5. The van der Waals surface area contributed by atoms with E-state index in [0.717, 1.165) is 37.3 Å². The first-order valence-electron chi connectivity index (χ1n) is 8.86. The van der Waals surface area contributed by atoms with E-state index in [2.05, 4.69) is 21.7 Å². The number of nitrogens with zero attached hydrogens (tertiary/aromatic N) is 2. The molecule has 1 saturated heterocycles. The number of allylic oxidation sites excluding steroid dienone is 3. The van der Waals surface area contributed by atoms with Crippen molar-refractivity contribution in [1.82, 2.24) is 4.90 Å². The van der Waals surface area contributed by atoms with Crippen LogP contribution in [0.1, 0.15) is 47.5 Å². The van der Waals surface area contributed by atoms with Crippen LogP contribution < -0.4 is 5.73 Å². The van der Waals surface area contributed by atoms with Gasteiger partial charge in [0.2, 0.25) is 0 Å². The Morgan fingerprint density at radius 2 is 1.88 bits per heavy atom. The second kappa shape index (κ2) is 12.8. The molecule has 0 aromatic rings. The first-order valence-corrected chi connectivity index (χ1v) is 8.86. The maximum Gasteiger partial charge on any atom is 0.308 e. The monoisotopic (exact) mass is 337 g/mol.